The van der Waals surface area contributed by atoms with Gasteiger partial charge in [0, 0.05) is 0 Å². The summed E-state index contributed by atoms with van der Waals surface area (Å²) >= 11 is 0. The molecule has 0 aromatic heterocycles. The first-order valence-electron chi connectivity index (χ1n) is 5.06. The van der Waals surface area contributed by atoms with E-state index < -0.39 is 11.6 Å². The maximum Gasteiger partial charge on any atom is 0.342 e. The summed E-state index contributed by atoms with van der Waals surface area (Å²) in [6.45, 7) is 3.86. The highest BCUT2D eigenvalue weighted by Crippen LogP contribution is 2.24. The van der Waals surface area contributed by atoms with Crippen molar-refractivity contribution in [2.45, 2.75) is 19.4 Å². The number of carbonyl (C=O) groups excluding carboxylic acids is 1. The van der Waals surface area contributed by atoms with E-state index in [1.165, 1.54) is 14.0 Å². The Kier molecular flexibility index (Phi) is 3.90. The Balaban J connectivity index is 2.92. The number of carbonyl (C=O) groups is 1. The summed E-state index contributed by atoms with van der Waals surface area (Å²) in [7, 11) is 1.24. The maximum absolute atomic E-state index is 11.3. The van der Waals surface area contributed by atoms with Gasteiger partial charge in [-0.05, 0) is 31.5 Å². The van der Waals surface area contributed by atoms with Crippen LogP contribution in [0.1, 0.15) is 19.4 Å². The quantitative estimate of drug-likeness (QED) is 0.787. The molecule has 0 amide bonds. The van der Waals surface area contributed by atoms with Crippen LogP contribution in [-0.2, 0) is 15.1 Å². The summed E-state index contributed by atoms with van der Waals surface area (Å²) in [5, 5.41) is 9.96. The highest BCUT2D eigenvalue weighted by atomic mass is 16.5. The van der Waals surface area contributed by atoms with Gasteiger partial charge in [-0.15, -0.1) is 0 Å². The Morgan fingerprint density at radius 2 is 1.94 bits per heavy atom. The van der Waals surface area contributed by atoms with Gasteiger partial charge in [-0.1, -0.05) is 12.1 Å². The van der Waals surface area contributed by atoms with E-state index >= 15 is 0 Å². The molecule has 0 aliphatic carbocycles. The monoisotopic (exact) mass is 224 g/mol. The van der Waals surface area contributed by atoms with Crippen LogP contribution >= 0.6 is 0 Å². The lowest BCUT2D eigenvalue weighted by Crippen LogP contribution is -2.33. The number of hydrogen-bond donors (Lipinski definition) is 1. The molecule has 0 aliphatic rings. The second-order valence-electron chi connectivity index (χ2n) is 3.52. The molecule has 0 saturated carbocycles. The van der Waals surface area contributed by atoms with Gasteiger partial charge in [0.1, 0.15) is 5.75 Å². The van der Waals surface area contributed by atoms with Gasteiger partial charge in [0.15, 0.2) is 5.60 Å². The number of benzene rings is 1. The van der Waals surface area contributed by atoms with Crippen molar-refractivity contribution in [3.05, 3.63) is 29.8 Å². The molecule has 1 aromatic carbocycles. The van der Waals surface area contributed by atoms with Crippen LogP contribution in [0.25, 0.3) is 0 Å². The molecule has 0 saturated heterocycles. The fraction of sp³-hybridized carbons (Fsp3) is 0.417. The third-order valence-electron chi connectivity index (χ3n) is 2.31. The second kappa shape index (κ2) is 4.99. The molecule has 1 aromatic rings. The Hall–Kier alpha value is -1.55. The van der Waals surface area contributed by atoms with Gasteiger partial charge >= 0.3 is 5.97 Å². The molecule has 1 atom stereocenters. The zero-order chi connectivity index (χ0) is 12.2. The number of esters is 1. The van der Waals surface area contributed by atoms with Gasteiger partial charge in [-0.25, -0.2) is 4.79 Å². The fourth-order valence-corrected chi connectivity index (χ4v) is 1.36. The number of hydrogen-bond acceptors (Lipinski definition) is 4. The topological polar surface area (TPSA) is 55.8 Å². The largest absolute Gasteiger partial charge is 0.494 e. The van der Waals surface area contributed by atoms with Gasteiger partial charge in [0.25, 0.3) is 0 Å². The van der Waals surface area contributed by atoms with Crippen molar-refractivity contribution in [3.8, 4) is 5.75 Å². The van der Waals surface area contributed by atoms with Crippen molar-refractivity contribution >= 4 is 5.97 Å². The number of methoxy groups -OCH3 is 1. The summed E-state index contributed by atoms with van der Waals surface area (Å²) < 4.78 is 9.79. The minimum absolute atomic E-state index is 0.475. The lowest BCUT2D eigenvalue weighted by Gasteiger charge is -2.20. The van der Waals surface area contributed by atoms with Crippen molar-refractivity contribution in [1.29, 1.82) is 0 Å². The molecule has 0 spiro atoms. The first-order chi connectivity index (χ1) is 7.52. The average Bonchev–Trinajstić information content (AvgIpc) is 2.29. The van der Waals surface area contributed by atoms with E-state index in [2.05, 4.69) is 4.74 Å². The van der Waals surface area contributed by atoms with Crippen molar-refractivity contribution in [2.24, 2.45) is 0 Å². The predicted molar refractivity (Wildman–Crippen MR) is 59.2 cm³/mol. The number of aliphatic hydroxyl groups is 1. The average molecular weight is 224 g/mol. The SMILES string of the molecule is CCOc1ccc([C@](C)(O)C(=O)OC)cc1. The Bertz CT molecular complexity index is 354. The van der Waals surface area contributed by atoms with E-state index in [4.69, 9.17) is 4.74 Å². The molecule has 1 rings (SSSR count). The Morgan fingerprint density at radius 1 is 1.38 bits per heavy atom. The lowest BCUT2D eigenvalue weighted by molar-refractivity contribution is -0.161. The molecule has 4 heteroatoms. The van der Waals surface area contributed by atoms with Crippen molar-refractivity contribution in [2.75, 3.05) is 13.7 Å². The summed E-state index contributed by atoms with van der Waals surface area (Å²) in [5.41, 5.74) is -1.15. The Labute approximate surface area is 94.8 Å². The number of rotatable bonds is 4. The highest BCUT2D eigenvalue weighted by molar-refractivity contribution is 5.80. The van der Waals surface area contributed by atoms with E-state index in [1.54, 1.807) is 24.3 Å². The predicted octanol–water partition coefficient (Wildman–Crippen LogP) is 1.47. The third kappa shape index (κ3) is 2.52. The second-order valence-corrected chi connectivity index (χ2v) is 3.52. The minimum Gasteiger partial charge on any atom is -0.494 e. The molecule has 0 unspecified atom stereocenters. The van der Waals surface area contributed by atoms with E-state index in [0.29, 0.717) is 17.9 Å². The van der Waals surface area contributed by atoms with E-state index in [0.717, 1.165) is 0 Å². The van der Waals surface area contributed by atoms with Gasteiger partial charge in [0.05, 0.1) is 13.7 Å². The molecule has 0 aliphatic heterocycles. The van der Waals surface area contributed by atoms with Crippen LogP contribution < -0.4 is 4.74 Å². The zero-order valence-corrected chi connectivity index (χ0v) is 9.69. The molecule has 4 nitrogen and oxygen atoms in total. The minimum atomic E-state index is -1.63. The molecule has 0 fully saturated rings. The van der Waals surface area contributed by atoms with Crippen molar-refractivity contribution in [3.63, 3.8) is 0 Å². The highest BCUT2D eigenvalue weighted by Gasteiger charge is 2.33. The summed E-state index contributed by atoms with van der Waals surface area (Å²) in [4.78, 5) is 11.3. The van der Waals surface area contributed by atoms with Crippen LogP contribution in [-0.4, -0.2) is 24.8 Å². The molecular weight excluding hydrogens is 208 g/mol. The summed E-state index contributed by atoms with van der Waals surface area (Å²) in [6, 6.07) is 6.69. The van der Waals surface area contributed by atoms with Crippen LogP contribution in [0.3, 0.4) is 0 Å². The van der Waals surface area contributed by atoms with Gasteiger partial charge in [-0.2, -0.15) is 0 Å². The van der Waals surface area contributed by atoms with Gasteiger partial charge in [-0.3, -0.25) is 0 Å². The molecule has 0 bridgehead atoms. The fourth-order valence-electron chi connectivity index (χ4n) is 1.36. The lowest BCUT2D eigenvalue weighted by atomic mass is 9.96. The first-order valence-corrected chi connectivity index (χ1v) is 5.06. The van der Waals surface area contributed by atoms with Crippen LogP contribution in [0.15, 0.2) is 24.3 Å². The van der Waals surface area contributed by atoms with Crippen molar-refractivity contribution in [1.82, 2.24) is 0 Å². The normalized spacial score (nSPS) is 14.0. The van der Waals surface area contributed by atoms with Crippen LogP contribution in [0.5, 0.6) is 5.75 Å². The Morgan fingerprint density at radius 3 is 2.38 bits per heavy atom. The summed E-state index contributed by atoms with van der Waals surface area (Å²) in [5.74, 6) is 0.0172. The standard InChI is InChI=1S/C12H16O4/c1-4-16-10-7-5-9(6-8-10)12(2,14)11(13)15-3/h5-8,14H,4H2,1-3H3/t12-/m0/s1. The van der Waals surface area contributed by atoms with Crippen molar-refractivity contribution < 1.29 is 19.4 Å². The molecule has 0 radical (unpaired) electrons. The smallest absolute Gasteiger partial charge is 0.342 e. The van der Waals surface area contributed by atoms with Crippen LogP contribution in [0.4, 0.5) is 0 Å². The molecule has 16 heavy (non-hydrogen) atoms. The van der Waals surface area contributed by atoms with E-state index in [9.17, 15) is 9.90 Å². The van der Waals surface area contributed by atoms with Crippen LogP contribution in [0.2, 0.25) is 0 Å². The third-order valence-corrected chi connectivity index (χ3v) is 2.31. The molecule has 0 heterocycles. The first kappa shape index (κ1) is 12.5. The number of ether oxygens (including phenoxy) is 2. The molecule has 88 valence electrons. The summed E-state index contributed by atoms with van der Waals surface area (Å²) in [6.07, 6.45) is 0. The van der Waals surface area contributed by atoms with E-state index in [1.807, 2.05) is 6.92 Å². The maximum atomic E-state index is 11.3. The zero-order valence-electron chi connectivity index (χ0n) is 9.69. The van der Waals surface area contributed by atoms with Gasteiger partial charge < -0.3 is 14.6 Å². The van der Waals surface area contributed by atoms with Crippen LogP contribution in [0, 0.1) is 0 Å². The molecular formula is C12H16O4. The van der Waals surface area contributed by atoms with Gasteiger partial charge in [0.2, 0.25) is 0 Å². The molecule has 1 N–H and O–H groups in total. The van der Waals surface area contributed by atoms with E-state index in [-0.39, 0.29) is 0 Å².